The smallest absolute Gasteiger partial charge is 0.408 e. The monoisotopic (exact) mass is 383 g/mol. The Kier molecular flexibility index (Phi) is 3.56. The van der Waals surface area contributed by atoms with Gasteiger partial charge < -0.3 is 5.11 Å². The molecule has 0 spiro atoms. The van der Waals surface area contributed by atoms with Crippen molar-refractivity contribution in [3.05, 3.63) is 47.4 Å². The molecule has 3 aromatic rings. The Morgan fingerprint density at radius 1 is 1.41 bits per heavy atom. The first-order valence-electron chi connectivity index (χ1n) is 7.95. The minimum atomic E-state index is -4.44. The SMILES string of the molecule is CC1(c2cnn(CC(F)(F)F)c2)CC(C(=O)O)c2cnc3cc(F)nn3c21. The molecular weight excluding hydrogens is 370 g/mol. The maximum atomic E-state index is 13.7. The molecule has 7 nitrogen and oxygen atoms in total. The van der Waals surface area contributed by atoms with Gasteiger partial charge in [-0.15, -0.1) is 5.10 Å². The second-order valence-corrected chi connectivity index (χ2v) is 6.77. The van der Waals surface area contributed by atoms with Crippen molar-refractivity contribution in [3.63, 3.8) is 0 Å². The summed E-state index contributed by atoms with van der Waals surface area (Å²) >= 11 is 0. The van der Waals surface area contributed by atoms with Crippen molar-refractivity contribution in [1.29, 1.82) is 0 Å². The Hall–Kier alpha value is -2.98. The van der Waals surface area contributed by atoms with Gasteiger partial charge in [-0.1, -0.05) is 0 Å². The van der Waals surface area contributed by atoms with Crippen LogP contribution < -0.4 is 0 Å². The Balaban J connectivity index is 1.89. The van der Waals surface area contributed by atoms with Crippen molar-refractivity contribution in [1.82, 2.24) is 24.4 Å². The highest BCUT2D eigenvalue weighted by molar-refractivity contribution is 5.79. The molecule has 0 aliphatic heterocycles. The van der Waals surface area contributed by atoms with Crippen LogP contribution in [-0.4, -0.2) is 41.6 Å². The van der Waals surface area contributed by atoms with Crippen molar-refractivity contribution >= 4 is 11.6 Å². The summed E-state index contributed by atoms with van der Waals surface area (Å²) in [6.45, 7) is 0.420. The van der Waals surface area contributed by atoms with E-state index in [0.29, 0.717) is 16.8 Å². The quantitative estimate of drug-likeness (QED) is 0.703. The van der Waals surface area contributed by atoms with Crippen LogP contribution in [0, 0.1) is 5.95 Å². The molecule has 0 radical (unpaired) electrons. The van der Waals surface area contributed by atoms with Crippen LogP contribution in [0.25, 0.3) is 5.65 Å². The third kappa shape index (κ3) is 2.73. The molecule has 27 heavy (non-hydrogen) atoms. The second kappa shape index (κ2) is 5.51. The van der Waals surface area contributed by atoms with E-state index in [0.717, 1.165) is 10.7 Å². The number of aromatic nitrogens is 5. The predicted octanol–water partition coefficient (Wildman–Crippen LogP) is 2.51. The summed E-state index contributed by atoms with van der Waals surface area (Å²) in [6.07, 6.45) is -0.517. The average molecular weight is 383 g/mol. The molecule has 3 heterocycles. The van der Waals surface area contributed by atoms with Crippen LogP contribution in [0.3, 0.4) is 0 Å². The normalized spacial score (nSPS) is 22.3. The predicted molar refractivity (Wildman–Crippen MR) is 82.7 cm³/mol. The number of carbonyl (C=O) groups is 1. The van der Waals surface area contributed by atoms with E-state index in [-0.39, 0.29) is 12.1 Å². The molecular formula is C16H13F4N5O2. The van der Waals surface area contributed by atoms with Gasteiger partial charge in [0, 0.05) is 35.0 Å². The molecule has 11 heteroatoms. The number of hydrogen-bond acceptors (Lipinski definition) is 4. The van der Waals surface area contributed by atoms with E-state index in [1.807, 2.05) is 0 Å². The number of aliphatic carboxylic acids is 1. The van der Waals surface area contributed by atoms with E-state index in [4.69, 9.17) is 0 Å². The van der Waals surface area contributed by atoms with Crippen LogP contribution in [0.2, 0.25) is 0 Å². The average Bonchev–Trinajstić information content (AvgIpc) is 3.21. The van der Waals surface area contributed by atoms with Gasteiger partial charge in [0.15, 0.2) is 5.65 Å². The highest BCUT2D eigenvalue weighted by atomic mass is 19.4. The van der Waals surface area contributed by atoms with Crippen molar-refractivity contribution in [2.24, 2.45) is 0 Å². The third-order valence-electron chi connectivity index (χ3n) is 4.90. The molecule has 3 aromatic heterocycles. The number of alkyl halides is 3. The van der Waals surface area contributed by atoms with Gasteiger partial charge in [0.05, 0.1) is 17.8 Å². The largest absolute Gasteiger partial charge is 0.481 e. The van der Waals surface area contributed by atoms with E-state index < -0.39 is 36.0 Å². The highest BCUT2D eigenvalue weighted by Gasteiger charge is 2.48. The lowest BCUT2D eigenvalue weighted by molar-refractivity contribution is -0.142. The molecule has 1 aliphatic carbocycles. The summed E-state index contributed by atoms with van der Waals surface area (Å²) in [5.74, 6) is -2.83. The lowest BCUT2D eigenvalue weighted by Gasteiger charge is -2.24. The minimum absolute atomic E-state index is 0.0671. The molecule has 0 bridgehead atoms. The van der Waals surface area contributed by atoms with Gasteiger partial charge >= 0.3 is 12.1 Å². The van der Waals surface area contributed by atoms with Gasteiger partial charge in [-0.3, -0.25) is 9.48 Å². The molecule has 4 rings (SSSR count). The van der Waals surface area contributed by atoms with Crippen LogP contribution in [0.4, 0.5) is 17.6 Å². The maximum Gasteiger partial charge on any atom is 0.408 e. The molecule has 0 saturated carbocycles. The molecule has 1 aliphatic rings. The number of halogens is 4. The summed E-state index contributed by atoms with van der Waals surface area (Å²) in [4.78, 5) is 15.8. The summed E-state index contributed by atoms with van der Waals surface area (Å²) in [6, 6.07) is 1.10. The maximum absolute atomic E-state index is 13.7. The van der Waals surface area contributed by atoms with Gasteiger partial charge in [0.25, 0.3) is 0 Å². The van der Waals surface area contributed by atoms with Crippen LogP contribution >= 0.6 is 0 Å². The van der Waals surface area contributed by atoms with Crippen molar-refractivity contribution < 1.29 is 27.5 Å². The number of fused-ring (bicyclic) bond motifs is 3. The zero-order valence-corrected chi connectivity index (χ0v) is 13.9. The number of carboxylic acids is 1. The van der Waals surface area contributed by atoms with E-state index in [1.54, 1.807) is 6.92 Å². The lowest BCUT2D eigenvalue weighted by atomic mass is 9.81. The fourth-order valence-corrected chi connectivity index (χ4v) is 3.73. The molecule has 0 aromatic carbocycles. The zero-order chi connectivity index (χ0) is 19.6. The van der Waals surface area contributed by atoms with Crippen molar-refractivity contribution in [2.45, 2.75) is 37.4 Å². The van der Waals surface area contributed by atoms with E-state index >= 15 is 0 Å². The fourth-order valence-electron chi connectivity index (χ4n) is 3.73. The summed E-state index contributed by atoms with van der Waals surface area (Å²) < 4.78 is 53.5. The number of rotatable bonds is 3. The standard InChI is InChI=1S/C16H13F4N5O2/c1-15(8-4-22-24(6-8)7-16(18,19)20)3-9(14(26)27)10-5-21-12-2-11(17)23-25(12)13(10)15/h2,4-6,9H,3,7H2,1H3,(H,26,27). The van der Waals surface area contributed by atoms with Gasteiger partial charge in [0.2, 0.25) is 5.95 Å². The number of hydrogen-bond donors (Lipinski definition) is 1. The van der Waals surface area contributed by atoms with Crippen LogP contribution in [-0.2, 0) is 16.8 Å². The Morgan fingerprint density at radius 3 is 2.81 bits per heavy atom. The highest BCUT2D eigenvalue weighted by Crippen LogP contribution is 2.49. The zero-order valence-electron chi connectivity index (χ0n) is 13.9. The second-order valence-electron chi connectivity index (χ2n) is 6.77. The van der Waals surface area contributed by atoms with E-state index in [2.05, 4.69) is 15.2 Å². The van der Waals surface area contributed by atoms with Gasteiger partial charge in [-0.25, -0.2) is 9.50 Å². The lowest BCUT2D eigenvalue weighted by Crippen LogP contribution is -2.24. The Labute approximate surface area is 149 Å². The van der Waals surface area contributed by atoms with Crippen LogP contribution in [0.1, 0.15) is 36.1 Å². The van der Waals surface area contributed by atoms with Gasteiger partial charge in [0.1, 0.15) is 6.54 Å². The van der Waals surface area contributed by atoms with Crippen molar-refractivity contribution in [2.75, 3.05) is 0 Å². The third-order valence-corrected chi connectivity index (χ3v) is 4.90. The topological polar surface area (TPSA) is 85.3 Å². The fraction of sp³-hybridized carbons (Fsp3) is 0.375. The Bertz CT molecular complexity index is 1060. The van der Waals surface area contributed by atoms with Crippen molar-refractivity contribution in [3.8, 4) is 0 Å². The molecule has 2 unspecified atom stereocenters. The Morgan fingerprint density at radius 2 is 2.15 bits per heavy atom. The summed E-state index contributed by atoms with van der Waals surface area (Å²) in [5, 5.41) is 17.1. The first-order chi connectivity index (χ1) is 12.6. The van der Waals surface area contributed by atoms with Gasteiger partial charge in [-0.2, -0.15) is 22.7 Å². The molecule has 1 N–H and O–H groups in total. The van der Waals surface area contributed by atoms with E-state index in [9.17, 15) is 27.5 Å². The summed E-state index contributed by atoms with van der Waals surface area (Å²) in [7, 11) is 0. The number of nitrogens with zero attached hydrogens (tertiary/aromatic N) is 5. The molecule has 2 atom stereocenters. The number of carboxylic acid groups (broad SMARTS) is 1. The molecule has 0 saturated heterocycles. The minimum Gasteiger partial charge on any atom is -0.481 e. The summed E-state index contributed by atoms with van der Waals surface area (Å²) in [5.41, 5.74) is 0.285. The molecule has 0 fully saturated rings. The molecule has 142 valence electrons. The van der Waals surface area contributed by atoms with Crippen LogP contribution in [0.15, 0.2) is 24.7 Å². The first-order valence-corrected chi connectivity index (χ1v) is 7.95. The van der Waals surface area contributed by atoms with E-state index in [1.165, 1.54) is 23.1 Å². The first kappa shape index (κ1) is 17.4. The van der Waals surface area contributed by atoms with Crippen LogP contribution in [0.5, 0.6) is 0 Å². The van der Waals surface area contributed by atoms with Gasteiger partial charge in [-0.05, 0) is 13.3 Å². The molecule has 0 amide bonds.